The lowest BCUT2D eigenvalue weighted by Crippen LogP contribution is -2.54. The summed E-state index contributed by atoms with van der Waals surface area (Å²) in [6.07, 6.45) is 1.80. The highest BCUT2D eigenvalue weighted by Gasteiger charge is 2.56. The number of hydrogen-bond donors (Lipinski definition) is 3. The first-order valence-corrected chi connectivity index (χ1v) is 20.7. The fourth-order valence-corrected chi connectivity index (χ4v) is 9.42. The van der Waals surface area contributed by atoms with Crippen LogP contribution >= 0.6 is 11.6 Å². The Bertz CT molecular complexity index is 2510. The molecule has 312 valence electrons. The Morgan fingerprint density at radius 2 is 1.75 bits per heavy atom. The van der Waals surface area contributed by atoms with Crippen molar-refractivity contribution in [2.75, 3.05) is 74.6 Å². The van der Waals surface area contributed by atoms with Gasteiger partial charge in [-0.3, -0.25) is 43.9 Å². The van der Waals surface area contributed by atoms with Gasteiger partial charge >= 0.3 is 0 Å². The predicted octanol–water partition coefficient (Wildman–Crippen LogP) is 2.80. The number of aromatic nitrogens is 3. The van der Waals surface area contributed by atoms with Gasteiger partial charge < -0.3 is 29.7 Å². The summed E-state index contributed by atoms with van der Waals surface area (Å²) in [5.74, 6) is 0.411. The maximum absolute atomic E-state index is 13.7. The molecule has 2 aromatic carbocycles. The molecule has 4 fully saturated rings. The topological polar surface area (TPSA) is 191 Å². The fourth-order valence-electron chi connectivity index (χ4n) is 9.28. The molecule has 17 nitrogen and oxygen atoms in total. The Labute approximate surface area is 350 Å². The molecule has 60 heavy (non-hydrogen) atoms. The molecular formula is C42H45ClN10O7. The lowest BCUT2D eigenvalue weighted by molar-refractivity contribution is -0.136. The van der Waals surface area contributed by atoms with Crippen molar-refractivity contribution in [2.24, 2.45) is 17.8 Å². The lowest BCUT2D eigenvalue weighted by atomic mass is 10.0. The number of anilines is 4. The zero-order valence-electron chi connectivity index (χ0n) is 33.4. The number of piperazine rings is 1. The smallest absolute Gasteiger partial charge is 0.293 e. The summed E-state index contributed by atoms with van der Waals surface area (Å²) >= 11 is 6.60. The van der Waals surface area contributed by atoms with Crippen LogP contribution in [0.1, 0.15) is 53.4 Å². The Hall–Kier alpha value is -6.07. The Morgan fingerprint density at radius 3 is 2.47 bits per heavy atom. The number of nitrogens with one attached hydrogen (secondary N) is 3. The number of halogens is 1. The second-order valence-electron chi connectivity index (χ2n) is 16.3. The molecule has 6 heterocycles. The van der Waals surface area contributed by atoms with Crippen molar-refractivity contribution in [1.29, 1.82) is 0 Å². The van der Waals surface area contributed by atoms with Crippen LogP contribution in [0.15, 0.2) is 53.5 Å². The van der Waals surface area contributed by atoms with Crippen molar-refractivity contribution in [3.63, 3.8) is 0 Å². The number of carbonyl (C=O) groups excluding carboxylic acids is 5. The number of pyridine rings is 1. The molecule has 18 heteroatoms. The number of benzene rings is 2. The summed E-state index contributed by atoms with van der Waals surface area (Å²) in [5.41, 5.74) is 2.44. The van der Waals surface area contributed by atoms with Gasteiger partial charge in [0.05, 0.1) is 28.5 Å². The van der Waals surface area contributed by atoms with Crippen LogP contribution in [0.4, 0.5) is 23.1 Å². The molecule has 1 aliphatic carbocycles. The highest BCUT2D eigenvalue weighted by atomic mass is 35.5. The average molecular weight is 837 g/mol. The number of piperidine rings is 2. The highest BCUT2D eigenvalue weighted by molar-refractivity contribution is 6.33. The zero-order chi connectivity index (χ0) is 42.0. The van der Waals surface area contributed by atoms with Gasteiger partial charge in [-0.2, -0.15) is 4.98 Å². The monoisotopic (exact) mass is 836 g/mol. The van der Waals surface area contributed by atoms with E-state index in [0.717, 1.165) is 48.5 Å². The fraction of sp³-hybridized carbons (Fsp3) is 0.429. The number of carbonyl (C=O) groups is 5. The molecular weight excluding hydrogens is 792 g/mol. The van der Waals surface area contributed by atoms with Crippen molar-refractivity contribution in [3.8, 4) is 5.75 Å². The Balaban J connectivity index is 0.810. The van der Waals surface area contributed by atoms with Crippen molar-refractivity contribution in [2.45, 2.75) is 38.8 Å². The molecule has 4 aliphatic heterocycles. The van der Waals surface area contributed by atoms with Gasteiger partial charge in [0, 0.05) is 76.4 Å². The molecule has 3 unspecified atom stereocenters. The van der Waals surface area contributed by atoms with E-state index in [1.54, 1.807) is 29.0 Å². The number of hydrogen-bond acceptors (Lipinski definition) is 13. The van der Waals surface area contributed by atoms with Crippen LogP contribution in [0.3, 0.4) is 0 Å². The molecule has 5 aliphatic rings. The number of ether oxygens (including phenoxy) is 1. The first-order chi connectivity index (χ1) is 28.9. The molecule has 0 spiro atoms. The number of imide groups is 2. The van der Waals surface area contributed by atoms with E-state index in [1.165, 1.54) is 7.05 Å². The van der Waals surface area contributed by atoms with Gasteiger partial charge in [-0.25, -0.2) is 4.98 Å². The van der Waals surface area contributed by atoms with Gasteiger partial charge in [0.15, 0.2) is 18.2 Å². The first kappa shape index (κ1) is 39.4. The molecule has 0 bridgehead atoms. The number of amides is 5. The largest absolute Gasteiger partial charge is 0.478 e. The van der Waals surface area contributed by atoms with E-state index in [1.807, 2.05) is 38.1 Å². The molecule has 0 radical (unpaired) electrons. The van der Waals surface area contributed by atoms with Crippen molar-refractivity contribution in [3.05, 3.63) is 75.2 Å². The molecule has 4 aromatic rings. The van der Waals surface area contributed by atoms with Crippen LogP contribution in [0, 0.1) is 17.8 Å². The van der Waals surface area contributed by atoms with E-state index in [4.69, 9.17) is 21.3 Å². The number of rotatable bonds is 11. The Kier molecular flexibility index (Phi) is 10.2. The summed E-state index contributed by atoms with van der Waals surface area (Å²) in [6, 6.07) is 11.4. The van der Waals surface area contributed by atoms with E-state index >= 15 is 0 Å². The van der Waals surface area contributed by atoms with Gasteiger partial charge in [0.1, 0.15) is 11.1 Å². The maximum Gasteiger partial charge on any atom is 0.293 e. The van der Waals surface area contributed by atoms with Crippen LogP contribution in [0.25, 0.3) is 10.9 Å². The van der Waals surface area contributed by atoms with E-state index in [-0.39, 0.29) is 42.7 Å². The standard InChI is InChI=1S/C42H45ClN10O7/c1-22(2)52-30-8-7-24(15-23(30)16-33(40(52)58)60-21-35(55)44-3)46-37-29(43)17-45-42(48-37)51-19-27-26(28(27)20-51)18-49-11-13-50(14-12-49)31-6-4-5-25-36(31)41(59)53(39(25)57)32-9-10-34(54)47-38(32)56/h4-8,15-17,22,26-28,32H,9-14,18-21H2,1-3H3,(H,44,55)(H,45,46,48)(H,47,54,56). The number of likely N-dealkylation sites (N-methyl/N-ethyl adjacent to an activating group) is 1. The van der Waals surface area contributed by atoms with E-state index in [2.05, 4.69) is 35.6 Å². The minimum Gasteiger partial charge on any atom is -0.478 e. The van der Waals surface area contributed by atoms with Crippen LogP contribution in [0.5, 0.6) is 5.75 Å². The summed E-state index contributed by atoms with van der Waals surface area (Å²) in [5, 5.41) is 9.20. The van der Waals surface area contributed by atoms with E-state index in [0.29, 0.717) is 70.1 Å². The van der Waals surface area contributed by atoms with Gasteiger partial charge in [-0.15, -0.1) is 0 Å². The van der Waals surface area contributed by atoms with Crippen LogP contribution in [-0.2, 0) is 14.4 Å². The van der Waals surface area contributed by atoms with Crippen LogP contribution in [0.2, 0.25) is 5.02 Å². The second kappa shape index (κ2) is 15.5. The van der Waals surface area contributed by atoms with Crippen LogP contribution < -0.4 is 36.0 Å². The van der Waals surface area contributed by atoms with Crippen molar-refractivity contribution < 1.29 is 28.7 Å². The predicted molar refractivity (Wildman–Crippen MR) is 223 cm³/mol. The SMILES string of the molecule is CNC(=O)COc1cc2cc(Nc3nc(N4CC5C(CN6CCN(c7cccc8c7C(=O)N(C7CCC(=O)NC7=O)C8=O)CC6)C5C4)ncc3Cl)ccc2n(C(C)C)c1=O. The van der Waals surface area contributed by atoms with Gasteiger partial charge in [0.2, 0.25) is 17.8 Å². The number of fused-ring (bicyclic) bond motifs is 3. The first-order valence-electron chi connectivity index (χ1n) is 20.3. The number of nitrogens with zero attached hydrogens (tertiary/aromatic N) is 7. The highest BCUT2D eigenvalue weighted by Crippen LogP contribution is 2.52. The zero-order valence-corrected chi connectivity index (χ0v) is 34.2. The molecule has 3 saturated heterocycles. The van der Waals surface area contributed by atoms with Gasteiger partial charge in [0.25, 0.3) is 23.3 Å². The quantitative estimate of drug-likeness (QED) is 0.187. The summed E-state index contributed by atoms with van der Waals surface area (Å²) in [7, 11) is 1.51. The van der Waals surface area contributed by atoms with E-state index in [9.17, 15) is 28.8 Å². The third-order valence-corrected chi connectivity index (χ3v) is 12.7. The van der Waals surface area contributed by atoms with E-state index < -0.39 is 29.7 Å². The summed E-state index contributed by atoms with van der Waals surface area (Å²) < 4.78 is 7.25. The molecule has 5 amide bonds. The average Bonchev–Trinajstić information content (AvgIpc) is 3.52. The van der Waals surface area contributed by atoms with Crippen LogP contribution in [-0.4, -0.2) is 119 Å². The molecule has 9 rings (SSSR count). The molecule has 3 atom stereocenters. The van der Waals surface area contributed by atoms with Crippen molar-refractivity contribution in [1.82, 2.24) is 35.0 Å². The summed E-state index contributed by atoms with van der Waals surface area (Å²) in [4.78, 5) is 93.6. The Morgan fingerprint density at radius 1 is 0.983 bits per heavy atom. The summed E-state index contributed by atoms with van der Waals surface area (Å²) in [6.45, 7) is 9.23. The third-order valence-electron chi connectivity index (χ3n) is 12.4. The second-order valence-corrected chi connectivity index (χ2v) is 16.7. The lowest BCUT2D eigenvalue weighted by Gasteiger charge is -2.37. The minimum atomic E-state index is -0.998. The third kappa shape index (κ3) is 7.08. The van der Waals surface area contributed by atoms with Crippen molar-refractivity contribution >= 4 is 75.2 Å². The van der Waals surface area contributed by atoms with Gasteiger partial charge in [-0.05, 0) is 74.4 Å². The molecule has 1 saturated carbocycles. The normalized spacial score (nSPS) is 22.6. The van der Waals surface area contributed by atoms with Gasteiger partial charge in [-0.1, -0.05) is 17.7 Å². The molecule has 3 N–H and O–H groups in total. The minimum absolute atomic E-state index is 0.0776. The molecule has 2 aromatic heterocycles. The maximum atomic E-state index is 13.7.